The van der Waals surface area contributed by atoms with E-state index in [0.717, 1.165) is 55.4 Å². The van der Waals surface area contributed by atoms with Crippen molar-refractivity contribution < 1.29 is 4.79 Å². The fourth-order valence-electron chi connectivity index (χ4n) is 4.47. The molecule has 9 heteroatoms. The molecular formula is C28H25N7OS. The fourth-order valence-corrected chi connectivity index (χ4v) is 5.60. The fraction of sp³-hybridized carbons (Fsp3) is 0.143. The maximum absolute atomic E-state index is 12.8. The molecule has 5 heterocycles. The number of aryl methyl sites for hydroxylation is 1. The number of aromatic amines is 1. The molecule has 0 unspecified atom stereocenters. The zero-order chi connectivity index (χ0) is 25.4. The number of amides is 1. The Morgan fingerprint density at radius 1 is 1.05 bits per heavy atom. The second kappa shape index (κ2) is 9.51. The summed E-state index contributed by atoms with van der Waals surface area (Å²) in [5.41, 5.74) is 7.16. The molecule has 0 aliphatic heterocycles. The lowest BCUT2D eigenvalue weighted by molar-refractivity contribution is 0.0941. The van der Waals surface area contributed by atoms with E-state index in [4.69, 9.17) is 0 Å². The Labute approximate surface area is 217 Å². The molecule has 6 aromatic rings. The second-order valence-corrected chi connectivity index (χ2v) is 10.0. The summed E-state index contributed by atoms with van der Waals surface area (Å²) in [4.78, 5) is 30.2. The van der Waals surface area contributed by atoms with Crippen LogP contribution in [0.1, 0.15) is 21.9 Å². The van der Waals surface area contributed by atoms with Crippen molar-refractivity contribution in [3.05, 3.63) is 90.4 Å². The van der Waals surface area contributed by atoms with Gasteiger partial charge in [-0.15, -0.1) is 11.3 Å². The maximum Gasteiger partial charge on any atom is 0.287 e. The second-order valence-electron chi connectivity index (χ2n) is 8.95. The molecule has 0 spiro atoms. The number of hydrogen-bond acceptors (Lipinski definition) is 6. The van der Waals surface area contributed by atoms with E-state index in [1.807, 2.05) is 42.1 Å². The molecule has 5 aromatic heterocycles. The molecule has 0 saturated carbocycles. The summed E-state index contributed by atoms with van der Waals surface area (Å²) in [6.07, 6.45) is 7.80. The predicted octanol–water partition coefficient (Wildman–Crippen LogP) is 5.60. The van der Waals surface area contributed by atoms with Crippen molar-refractivity contribution >= 4 is 49.7 Å². The van der Waals surface area contributed by atoms with Crippen molar-refractivity contribution in [3.63, 3.8) is 0 Å². The first-order valence-electron chi connectivity index (χ1n) is 12.0. The predicted molar refractivity (Wildman–Crippen MR) is 148 cm³/mol. The number of thiophene rings is 1. The normalized spacial score (nSPS) is 11.3. The zero-order valence-electron chi connectivity index (χ0n) is 20.4. The van der Waals surface area contributed by atoms with Gasteiger partial charge in [-0.05, 0) is 67.4 Å². The number of imidazole rings is 1. The molecule has 1 amide bonds. The molecule has 0 aliphatic carbocycles. The highest BCUT2D eigenvalue weighted by molar-refractivity contribution is 7.22. The van der Waals surface area contributed by atoms with Crippen LogP contribution in [-0.2, 0) is 13.5 Å². The largest absolute Gasteiger partial charge is 0.359 e. The number of nitrogens with zero attached hydrogens (tertiary/aromatic N) is 4. The lowest BCUT2D eigenvalue weighted by atomic mass is 10.2. The van der Waals surface area contributed by atoms with Crippen molar-refractivity contribution in [1.82, 2.24) is 29.8 Å². The van der Waals surface area contributed by atoms with E-state index in [1.165, 1.54) is 5.39 Å². The summed E-state index contributed by atoms with van der Waals surface area (Å²) < 4.78 is 2.88. The molecule has 0 fully saturated rings. The van der Waals surface area contributed by atoms with Crippen molar-refractivity contribution in [2.75, 3.05) is 11.9 Å². The third-order valence-electron chi connectivity index (χ3n) is 6.34. The SMILES string of the molecule is Cc1cc2cc(Nc3ccnc4cc(-c5cnc(C(=O)NCCc6ccncc6)n5C)sc34)ccc2[nH]1. The number of benzene rings is 1. The van der Waals surface area contributed by atoms with Gasteiger partial charge in [0.25, 0.3) is 5.91 Å². The van der Waals surface area contributed by atoms with Crippen LogP contribution in [0.4, 0.5) is 11.4 Å². The number of anilines is 2. The molecule has 0 bridgehead atoms. The van der Waals surface area contributed by atoms with Gasteiger partial charge in [-0.2, -0.15) is 0 Å². The highest BCUT2D eigenvalue weighted by atomic mass is 32.1. The van der Waals surface area contributed by atoms with Gasteiger partial charge in [0.2, 0.25) is 0 Å². The van der Waals surface area contributed by atoms with Crippen LogP contribution < -0.4 is 10.6 Å². The molecule has 3 N–H and O–H groups in total. The van der Waals surface area contributed by atoms with Crippen molar-refractivity contribution in [3.8, 4) is 10.6 Å². The molecule has 6 rings (SSSR count). The number of carbonyl (C=O) groups is 1. The molecule has 184 valence electrons. The Morgan fingerprint density at radius 2 is 1.92 bits per heavy atom. The van der Waals surface area contributed by atoms with Crippen LogP contribution in [-0.4, -0.2) is 37.0 Å². The van der Waals surface area contributed by atoms with Crippen LogP contribution in [0.3, 0.4) is 0 Å². The minimum Gasteiger partial charge on any atom is -0.359 e. The minimum atomic E-state index is -0.195. The zero-order valence-corrected chi connectivity index (χ0v) is 21.3. The first kappa shape index (κ1) is 22.9. The number of aromatic nitrogens is 5. The van der Waals surface area contributed by atoms with E-state index in [2.05, 4.69) is 61.8 Å². The Hall–Kier alpha value is -4.50. The lowest BCUT2D eigenvalue weighted by Crippen LogP contribution is -2.28. The number of pyridine rings is 2. The van der Waals surface area contributed by atoms with Crippen LogP contribution >= 0.6 is 11.3 Å². The molecule has 1 aromatic carbocycles. The first-order valence-corrected chi connectivity index (χ1v) is 12.8. The third-order valence-corrected chi connectivity index (χ3v) is 7.52. The van der Waals surface area contributed by atoms with Gasteiger partial charge in [-0.1, -0.05) is 0 Å². The summed E-state index contributed by atoms with van der Waals surface area (Å²) in [7, 11) is 1.87. The van der Waals surface area contributed by atoms with Crippen LogP contribution in [0.25, 0.3) is 31.7 Å². The number of rotatable bonds is 7. The van der Waals surface area contributed by atoms with E-state index < -0.39 is 0 Å². The molecule has 0 aliphatic rings. The average Bonchev–Trinajstić information content (AvgIpc) is 3.60. The van der Waals surface area contributed by atoms with Crippen LogP contribution in [0.2, 0.25) is 0 Å². The van der Waals surface area contributed by atoms with Crippen molar-refractivity contribution in [2.45, 2.75) is 13.3 Å². The van der Waals surface area contributed by atoms with Crippen LogP contribution in [0, 0.1) is 6.92 Å². The summed E-state index contributed by atoms with van der Waals surface area (Å²) in [5, 5.41) is 7.69. The van der Waals surface area contributed by atoms with Gasteiger partial charge in [0.1, 0.15) is 0 Å². The molecule has 8 nitrogen and oxygen atoms in total. The van der Waals surface area contributed by atoms with E-state index in [9.17, 15) is 4.79 Å². The maximum atomic E-state index is 12.8. The Morgan fingerprint density at radius 3 is 2.78 bits per heavy atom. The summed E-state index contributed by atoms with van der Waals surface area (Å²) in [5.74, 6) is 0.184. The van der Waals surface area contributed by atoms with E-state index in [0.29, 0.717) is 12.4 Å². The molecular weight excluding hydrogens is 482 g/mol. The van der Waals surface area contributed by atoms with E-state index in [-0.39, 0.29) is 5.91 Å². The van der Waals surface area contributed by atoms with Gasteiger partial charge in [-0.3, -0.25) is 14.8 Å². The van der Waals surface area contributed by atoms with Gasteiger partial charge >= 0.3 is 0 Å². The Kier molecular flexibility index (Phi) is 5.90. The smallest absolute Gasteiger partial charge is 0.287 e. The quantitative estimate of drug-likeness (QED) is 0.261. The number of fused-ring (bicyclic) bond motifs is 2. The monoisotopic (exact) mass is 507 g/mol. The summed E-state index contributed by atoms with van der Waals surface area (Å²) in [6, 6.07) is 16.4. The first-order chi connectivity index (χ1) is 18.0. The number of H-pyrrole nitrogens is 1. The minimum absolute atomic E-state index is 0.195. The van der Waals surface area contributed by atoms with Gasteiger partial charge < -0.3 is 20.2 Å². The Bertz CT molecular complexity index is 1730. The lowest BCUT2D eigenvalue weighted by Gasteiger charge is -2.07. The molecule has 0 radical (unpaired) electrons. The summed E-state index contributed by atoms with van der Waals surface area (Å²) >= 11 is 1.63. The highest BCUT2D eigenvalue weighted by Crippen LogP contribution is 2.37. The molecule has 0 saturated heterocycles. The number of hydrogen-bond donors (Lipinski definition) is 3. The topological polar surface area (TPSA) is 101 Å². The molecule has 37 heavy (non-hydrogen) atoms. The van der Waals surface area contributed by atoms with Crippen molar-refractivity contribution in [1.29, 1.82) is 0 Å². The average molecular weight is 508 g/mol. The third kappa shape index (κ3) is 4.56. The number of nitrogens with one attached hydrogen (secondary N) is 3. The standard InChI is InChI=1S/C28H25N7OS/c1-17-13-19-14-20(3-4-21(19)33-17)34-22-8-12-30-23-15-25(37-26(22)23)24-16-32-27(35(24)2)28(36)31-11-7-18-5-9-29-10-6-18/h3-6,8-10,12-16,33H,7,11H2,1-2H3,(H,30,34)(H,31,36). The van der Waals surface area contributed by atoms with Gasteiger partial charge in [0.05, 0.1) is 32.7 Å². The Balaban J connectivity index is 1.22. The van der Waals surface area contributed by atoms with E-state index >= 15 is 0 Å². The highest BCUT2D eigenvalue weighted by Gasteiger charge is 2.18. The molecule has 0 atom stereocenters. The number of carbonyl (C=O) groups excluding carboxylic acids is 1. The van der Waals surface area contributed by atoms with E-state index in [1.54, 1.807) is 29.9 Å². The van der Waals surface area contributed by atoms with Gasteiger partial charge in [0.15, 0.2) is 5.82 Å². The van der Waals surface area contributed by atoms with Crippen molar-refractivity contribution in [2.24, 2.45) is 7.05 Å². The summed E-state index contributed by atoms with van der Waals surface area (Å²) in [6.45, 7) is 2.59. The van der Waals surface area contributed by atoms with Crippen LogP contribution in [0.5, 0.6) is 0 Å². The van der Waals surface area contributed by atoms with Gasteiger partial charge in [0, 0.05) is 54.5 Å². The van der Waals surface area contributed by atoms with Gasteiger partial charge in [-0.25, -0.2) is 4.98 Å². The van der Waals surface area contributed by atoms with Crippen LogP contribution in [0.15, 0.2) is 73.3 Å².